The maximum absolute atomic E-state index is 12.1. The molecule has 0 saturated heterocycles. The normalized spacial score (nSPS) is 12.3. The number of hydrogen-bond acceptors (Lipinski definition) is 5. The third-order valence-corrected chi connectivity index (χ3v) is 3.98. The summed E-state index contributed by atoms with van der Waals surface area (Å²) in [5.74, 6) is 0.262. The van der Waals surface area contributed by atoms with E-state index in [2.05, 4.69) is 25.8 Å². The molecule has 142 valence electrons. The smallest absolute Gasteiger partial charge is 0.356 e. The van der Waals surface area contributed by atoms with Crippen molar-refractivity contribution in [2.24, 2.45) is 0 Å². The van der Waals surface area contributed by atoms with Gasteiger partial charge in [-0.1, -0.05) is 20.8 Å². The van der Waals surface area contributed by atoms with Crippen LogP contribution in [0.5, 0.6) is 5.75 Å². The molecule has 0 fully saturated rings. The van der Waals surface area contributed by atoms with Crippen molar-refractivity contribution in [2.45, 2.75) is 59.5 Å². The van der Waals surface area contributed by atoms with E-state index in [0.717, 1.165) is 22.0 Å². The highest BCUT2D eigenvalue weighted by atomic mass is 16.5. The Bertz CT molecular complexity index is 813. The lowest BCUT2D eigenvalue weighted by atomic mass is 9.84. The molecule has 1 aromatic carbocycles. The number of aromatic nitrogens is 1. The minimum absolute atomic E-state index is 0.190. The Hall–Kier alpha value is -2.14. The summed E-state index contributed by atoms with van der Waals surface area (Å²) in [5, 5.41) is 10.9. The fourth-order valence-electron chi connectivity index (χ4n) is 2.69. The van der Waals surface area contributed by atoms with Gasteiger partial charge in [0.25, 0.3) is 0 Å². The average molecular weight is 359 g/mol. The van der Waals surface area contributed by atoms with Gasteiger partial charge >= 0.3 is 5.97 Å². The van der Waals surface area contributed by atoms with E-state index >= 15 is 0 Å². The number of aliphatic hydroxyl groups is 1. The van der Waals surface area contributed by atoms with Gasteiger partial charge in [0.05, 0.1) is 17.7 Å². The summed E-state index contributed by atoms with van der Waals surface area (Å²) in [5.41, 5.74) is 1.88. The molecule has 26 heavy (non-hydrogen) atoms. The Labute approximate surface area is 155 Å². The summed E-state index contributed by atoms with van der Waals surface area (Å²) < 4.78 is 10.9. The molecular weight excluding hydrogens is 330 g/mol. The third kappa shape index (κ3) is 4.73. The van der Waals surface area contributed by atoms with Gasteiger partial charge in [0.15, 0.2) is 0 Å². The highest BCUT2D eigenvalue weighted by molar-refractivity contribution is 5.94. The summed E-state index contributed by atoms with van der Waals surface area (Å²) in [4.78, 5) is 16.7. The predicted molar refractivity (Wildman–Crippen MR) is 103 cm³/mol. The number of ether oxygens (including phenoxy) is 2. The molecular formula is C21H29NO4. The fourth-order valence-corrected chi connectivity index (χ4v) is 2.69. The molecule has 0 atom stereocenters. The first-order valence-corrected chi connectivity index (χ1v) is 8.90. The summed E-state index contributed by atoms with van der Waals surface area (Å²) >= 11 is 0. The van der Waals surface area contributed by atoms with Crippen LogP contribution in [0.1, 0.15) is 63.2 Å². The Morgan fingerprint density at radius 1 is 1.15 bits per heavy atom. The topological polar surface area (TPSA) is 68.7 Å². The standard InChI is InChI=1S/C21H29NO4/c1-8-25-19(23)17-9-13(2)15-10-14(26-12-21(6,7)24)11-16(18(15)22-17)20(3,4)5/h9-11,24H,8,12H2,1-7H3. The Kier molecular flexibility index (Phi) is 5.61. The summed E-state index contributed by atoms with van der Waals surface area (Å²) in [6.45, 7) is 13.9. The van der Waals surface area contributed by atoms with Gasteiger partial charge in [-0.2, -0.15) is 0 Å². The second-order valence-corrected chi connectivity index (χ2v) is 8.26. The highest BCUT2D eigenvalue weighted by Crippen LogP contribution is 2.35. The monoisotopic (exact) mass is 359 g/mol. The number of fused-ring (bicyclic) bond motifs is 1. The van der Waals surface area contributed by atoms with Gasteiger partial charge in [-0.15, -0.1) is 0 Å². The maximum Gasteiger partial charge on any atom is 0.356 e. The van der Waals surface area contributed by atoms with Crippen LogP contribution in [0.25, 0.3) is 10.9 Å². The molecule has 0 aliphatic carbocycles. The molecule has 1 N–H and O–H groups in total. The van der Waals surface area contributed by atoms with Crippen molar-refractivity contribution in [2.75, 3.05) is 13.2 Å². The van der Waals surface area contributed by atoms with Crippen LogP contribution >= 0.6 is 0 Å². The van der Waals surface area contributed by atoms with E-state index in [1.807, 2.05) is 19.1 Å². The van der Waals surface area contributed by atoms with Gasteiger partial charge in [0.1, 0.15) is 18.1 Å². The van der Waals surface area contributed by atoms with Crippen LogP contribution in [0.3, 0.4) is 0 Å². The highest BCUT2D eigenvalue weighted by Gasteiger charge is 2.23. The first kappa shape index (κ1) is 20.2. The van der Waals surface area contributed by atoms with E-state index in [9.17, 15) is 9.90 Å². The third-order valence-electron chi connectivity index (χ3n) is 3.98. The second-order valence-electron chi connectivity index (χ2n) is 8.26. The van der Waals surface area contributed by atoms with Crippen molar-refractivity contribution < 1.29 is 19.4 Å². The number of nitrogens with zero attached hydrogens (tertiary/aromatic N) is 1. The number of benzene rings is 1. The molecule has 1 aromatic heterocycles. The first-order chi connectivity index (χ1) is 11.9. The summed E-state index contributed by atoms with van der Waals surface area (Å²) in [6, 6.07) is 5.59. The molecule has 0 aliphatic rings. The van der Waals surface area contributed by atoms with Crippen molar-refractivity contribution in [1.29, 1.82) is 0 Å². The molecule has 5 nitrogen and oxygen atoms in total. The fraction of sp³-hybridized carbons (Fsp3) is 0.524. The number of esters is 1. The van der Waals surface area contributed by atoms with E-state index in [-0.39, 0.29) is 12.0 Å². The Morgan fingerprint density at radius 3 is 2.35 bits per heavy atom. The van der Waals surface area contributed by atoms with Gasteiger partial charge in [-0.3, -0.25) is 0 Å². The van der Waals surface area contributed by atoms with Crippen LogP contribution in [0.2, 0.25) is 0 Å². The summed E-state index contributed by atoms with van der Waals surface area (Å²) in [7, 11) is 0. The molecule has 2 rings (SSSR count). The molecule has 0 spiro atoms. The molecule has 5 heteroatoms. The Balaban J connectivity index is 2.64. The zero-order chi connectivity index (χ0) is 19.7. The van der Waals surface area contributed by atoms with Crippen LogP contribution in [-0.4, -0.2) is 34.9 Å². The second kappa shape index (κ2) is 7.23. The minimum Gasteiger partial charge on any atom is -0.491 e. The van der Waals surface area contributed by atoms with Crippen LogP contribution in [0, 0.1) is 6.92 Å². The number of carbonyl (C=O) groups excluding carboxylic acids is 1. The van der Waals surface area contributed by atoms with Gasteiger partial charge in [0, 0.05) is 5.39 Å². The van der Waals surface area contributed by atoms with E-state index < -0.39 is 11.6 Å². The van der Waals surface area contributed by atoms with Crippen molar-refractivity contribution in [1.82, 2.24) is 4.98 Å². The van der Waals surface area contributed by atoms with Crippen LogP contribution in [-0.2, 0) is 10.2 Å². The Morgan fingerprint density at radius 2 is 1.81 bits per heavy atom. The number of hydrogen-bond donors (Lipinski definition) is 1. The van der Waals surface area contributed by atoms with Crippen molar-refractivity contribution in [3.8, 4) is 5.75 Å². The molecule has 0 saturated carbocycles. The average Bonchev–Trinajstić information content (AvgIpc) is 2.51. The maximum atomic E-state index is 12.1. The molecule has 1 heterocycles. The van der Waals surface area contributed by atoms with E-state index in [1.54, 1.807) is 26.8 Å². The minimum atomic E-state index is -0.919. The molecule has 0 aliphatic heterocycles. The molecule has 0 amide bonds. The lowest BCUT2D eigenvalue weighted by Gasteiger charge is -2.24. The van der Waals surface area contributed by atoms with Gasteiger partial charge < -0.3 is 14.6 Å². The van der Waals surface area contributed by atoms with Crippen LogP contribution in [0.15, 0.2) is 18.2 Å². The number of pyridine rings is 1. The van der Waals surface area contributed by atoms with E-state index in [4.69, 9.17) is 9.47 Å². The molecule has 0 bridgehead atoms. The van der Waals surface area contributed by atoms with Crippen LogP contribution in [0.4, 0.5) is 0 Å². The largest absolute Gasteiger partial charge is 0.491 e. The van der Waals surface area contributed by atoms with Gasteiger partial charge in [0.2, 0.25) is 0 Å². The number of aryl methyl sites for hydroxylation is 1. The summed E-state index contributed by atoms with van der Waals surface area (Å²) in [6.07, 6.45) is 0. The molecule has 0 radical (unpaired) electrons. The van der Waals surface area contributed by atoms with Gasteiger partial charge in [-0.25, -0.2) is 9.78 Å². The lowest BCUT2D eigenvalue weighted by Crippen LogP contribution is -2.28. The van der Waals surface area contributed by atoms with Crippen molar-refractivity contribution in [3.63, 3.8) is 0 Å². The first-order valence-electron chi connectivity index (χ1n) is 8.90. The number of rotatable bonds is 5. The van der Waals surface area contributed by atoms with Crippen molar-refractivity contribution in [3.05, 3.63) is 35.0 Å². The SMILES string of the molecule is CCOC(=O)c1cc(C)c2cc(OCC(C)(C)O)cc(C(C)(C)C)c2n1. The lowest BCUT2D eigenvalue weighted by molar-refractivity contribution is 0.0285. The quantitative estimate of drug-likeness (QED) is 0.812. The van der Waals surface area contributed by atoms with Gasteiger partial charge in [-0.05, 0) is 62.4 Å². The zero-order valence-electron chi connectivity index (χ0n) is 16.8. The predicted octanol–water partition coefficient (Wildman–Crippen LogP) is 4.17. The zero-order valence-corrected chi connectivity index (χ0v) is 16.8. The van der Waals surface area contributed by atoms with E-state index in [1.165, 1.54) is 0 Å². The molecule has 0 unspecified atom stereocenters. The number of carbonyl (C=O) groups is 1. The van der Waals surface area contributed by atoms with Crippen molar-refractivity contribution >= 4 is 16.9 Å². The molecule has 2 aromatic rings. The van der Waals surface area contributed by atoms with Crippen LogP contribution < -0.4 is 4.74 Å². The van der Waals surface area contributed by atoms with E-state index in [0.29, 0.717) is 18.1 Å².